The van der Waals surface area contributed by atoms with Crippen molar-refractivity contribution in [1.82, 2.24) is 5.32 Å². The molecule has 1 amide bonds. The summed E-state index contributed by atoms with van der Waals surface area (Å²) in [5.74, 6) is -0.143. The van der Waals surface area contributed by atoms with Crippen molar-refractivity contribution < 1.29 is 9.90 Å². The fourth-order valence-electron chi connectivity index (χ4n) is 2.17. The molecule has 4 N–H and O–H groups in total. The highest BCUT2D eigenvalue weighted by Gasteiger charge is 2.24. The predicted molar refractivity (Wildman–Crippen MR) is 73.8 cm³/mol. The van der Waals surface area contributed by atoms with Gasteiger partial charge in [-0.15, -0.1) is 12.4 Å². The van der Waals surface area contributed by atoms with Crippen LogP contribution in [0, 0.1) is 0 Å². The number of nitrogens with two attached hydrogens (primary N) is 1. The van der Waals surface area contributed by atoms with Gasteiger partial charge >= 0.3 is 0 Å². The van der Waals surface area contributed by atoms with Gasteiger partial charge in [0, 0.05) is 11.3 Å². The Hall–Kier alpha value is -1.26. The molecular formula is C13H19ClN2O2. The van der Waals surface area contributed by atoms with Gasteiger partial charge in [-0.05, 0) is 37.1 Å². The number of anilines is 1. The number of aliphatic hydroxyl groups is 1. The first-order valence-corrected chi connectivity index (χ1v) is 6.01. The van der Waals surface area contributed by atoms with E-state index in [4.69, 9.17) is 5.73 Å². The van der Waals surface area contributed by atoms with Gasteiger partial charge in [0.25, 0.3) is 5.91 Å². The van der Waals surface area contributed by atoms with Crippen molar-refractivity contribution in [2.24, 2.45) is 0 Å². The Morgan fingerprint density at radius 2 is 1.83 bits per heavy atom. The predicted octanol–water partition coefficient (Wildman–Crippen LogP) is 1.72. The van der Waals surface area contributed by atoms with Crippen molar-refractivity contribution in [3.8, 4) is 0 Å². The molecule has 2 atom stereocenters. The number of hydrogen-bond acceptors (Lipinski definition) is 3. The summed E-state index contributed by atoms with van der Waals surface area (Å²) in [7, 11) is 0. The van der Waals surface area contributed by atoms with Gasteiger partial charge in [-0.3, -0.25) is 4.79 Å². The molecule has 1 aromatic carbocycles. The lowest BCUT2D eigenvalue weighted by Gasteiger charge is -2.28. The molecule has 0 saturated heterocycles. The van der Waals surface area contributed by atoms with E-state index in [0.717, 1.165) is 25.7 Å². The average molecular weight is 271 g/mol. The van der Waals surface area contributed by atoms with Crippen molar-refractivity contribution >= 4 is 24.0 Å². The van der Waals surface area contributed by atoms with Crippen LogP contribution in [0.15, 0.2) is 24.3 Å². The van der Waals surface area contributed by atoms with Gasteiger partial charge in [-0.2, -0.15) is 0 Å². The summed E-state index contributed by atoms with van der Waals surface area (Å²) in [4.78, 5) is 11.9. The van der Waals surface area contributed by atoms with Gasteiger partial charge in [-0.1, -0.05) is 12.8 Å². The molecule has 0 spiro atoms. The second-order valence-corrected chi connectivity index (χ2v) is 4.55. The van der Waals surface area contributed by atoms with Crippen LogP contribution >= 0.6 is 12.4 Å². The van der Waals surface area contributed by atoms with Crippen molar-refractivity contribution in [1.29, 1.82) is 0 Å². The third-order valence-electron chi connectivity index (χ3n) is 3.22. The van der Waals surface area contributed by atoms with Crippen molar-refractivity contribution in [3.05, 3.63) is 29.8 Å². The van der Waals surface area contributed by atoms with Crippen LogP contribution in [0.1, 0.15) is 36.0 Å². The number of rotatable bonds is 2. The fourth-order valence-corrected chi connectivity index (χ4v) is 2.17. The zero-order valence-corrected chi connectivity index (χ0v) is 11.0. The topological polar surface area (TPSA) is 75.4 Å². The Kier molecular flexibility index (Phi) is 5.44. The molecule has 1 fully saturated rings. The molecule has 100 valence electrons. The summed E-state index contributed by atoms with van der Waals surface area (Å²) in [5, 5.41) is 12.6. The van der Waals surface area contributed by atoms with Crippen LogP contribution in [-0.2, 0) is 0 Å². The number of hydrogen-bond donors (Lipinski definition) is 3. The van der Waals surface area contributed by atoms with E-state index in [1.807, 2.05) is 0 Å². The molecule has 0 unspecified atom stereocenters. The van der Waals surface area contributed by atoms with Gasteiger partial charge in [0.2, 0.25) is 0 Å². The SMILES string of the molecule is Cl.Nc1ccc(C(=O)N[C@@H]2CCCC[C@H]2O)cc1. The summed E-state index contributed by atoms with van der Waals surface area (Å²) in [5.41, 5.74) is 6.78. The van der Waals surface area contributed by atoms with Gasteiger partial charge in [-0.25, -0.2) is 0 Å². The van der Waals surface area contributed by atoms with Gasteiger partial charge in [0.1, 0.15) is 0 Å². The van der Waals surface area contributed by atoms with Crippen LogP contribution < -0.4 is 11.1 Å². The zero-order valence-electron chi connectivity index (χ0n) is 10.1. The average Bonchev–Trinajstić information content (AvgIpc) is 2.33. The molecular weight excluding hydrogens is 252 g/mol. The standard InChI is InChI=1S/C13H18N2O2.ClH/c14-10-7-5-9(6-8-10)13(17)15-11-3-1-2-4-12(11)16;/h5-8,11-12,16H,1-4,14H2,(H,15,17);1H/t11-,12-;/m1./s1. The normalized spacial score (nSPS) is 22.9. The minimum Gasteiger partial charge on any atom is -0.399 e. The minimum absolute atomic E-state index is 0. The van der Waals surface area contributed by atoms with Crippen LogP contribution in [-0.4, -0.2) is 23.2 Å². The fraction of sp³-hybridized carbons (Fsp3) is 0.462. The third kappa shape index (κ3) is 3.62. The monoisotopic (exact) mass is 270 g/mol. The van der Waals surface area contributed by atoms with Crippen molar-refractivity contribution in [2.75, 3.05) is 5.73 Å². The molecule has 18 heavy (non-hydrogen) atoms. The molecule has 1 aliphatic carbocycles. The molecule has 1 aromatic rings. The quantitative estimate of drug-likeness (QED) is 0.717. The Labute approximate surface area is 113 Å². The first-order valence-electron chi connectivity index (χ1n) is 6.01. The number of carbonyl (C=O) groups excluding carboxylic acids is 1. The molecule has 0 heterocycles. The van der Waals surface area contributed by atoms with Gasteiger partial charge in [0.15, 0.2) is 0 Å². The van der Waals surface area contributed by atoms with Gasteiger partial charge in [0.05, 0.1) is 12.1 Å². The lowest BCUT2D eigenvalue weighted by molar-refractivity contribution is 0.0717. The summed E-state index contributed by atoms with van der Waals surface area (Å²) in [6.07, 6.45) is 3.30. The molecule has 0 aliphatic heterocycles. The number of nitrogens with one attached hydrogen (secondary N) is 1. The summed E-state index contributed by atoms with van der Waals surface area (Å²) >= 11 is 0. The van der Waals surface area contributed by atoms with Crippen LogP contribution in [0.2, 0.25) is 0 Å². The van der Waals surface area contributed by atoms with Crippen LogP contribution in [0.3, 0.4) is 0 Å². The van der Waals surface area contributed by atoms with Crippen LogP contribution in [0.25, 0.3) is 0 Å². The van der Waals surface area contributed by atoms with E-state index in [0.29, 0.717) is 11.3 Å². The van der Waals surface area contributed by atoms with E-state index < -0.39 is 6.10 Å². The number of benzene rings is 1. The molecule has 0 bridgehead atoms. The minimum atomic E-state index is -0.415. The number of aliphatic hydroxyl groups excluding tert-OH is 1. The molecule has 0 radical (unpaired) electrons. The largest absolute Gasteiger partial charge is 0.399 e. The van der Waals surface area contributed by atoms with E-state index in [-0.39, 0.29) is 24.4 Å². The Bertz CT molecular complexity index is 394. The van der Waals surface area contributed by atoms with E-state index >= 15 is 0 Å². The first kappa shape index (κ1) is 14.8. The van der Waals surface area contributed by atoms with E-state index in [2.05, 4.69) is 5.32 Å². The van der Waals surface area contributed by atoms with Crippen molar-refractivity contribution in [3.63, 3.8) is 0 Å². The number of nitrogen functional groups attached to an aromatic ring is 1. The Morgan fingerprint density at radius 1 is 1.22 bits per heavy atom. The van der Waals surface area contributed by atoms with Gasteiger partial charge < -0.3 is 16.2 Å². The van der Waals surface area contributed by atoms with Crippen molar-refractivity contribution in [2.45, 2.75) is 37.8 Å². The highest BCUT2D eigenvalue weighted by atomic mass is 35.5. The molecule has 4 nitrogen and oxygen atoms in total. The molecule has 2 rings (SSSR count). The smallest absolute Gasteiger partial charge is 0.251 e. The second kappa shape index (κ2) is 6.61. The van der Waals surface area contributed by atoms with E-state index in [9.17, 15) is 9.90 Å². The maximum absolute atomic E-state index is 11.9. The zero-order chi connectivity index (χ0) is 12.3. The number of amides is 1. The summed E-state index contributed by atoms with van der Waals surface area (Å²) < 4.78 is 0. The highest BCUT2D eigenvalue weighted by molar-refractivity contribution is 5.94. The Morgan fingerprint density at radius 3 is 2.44 bits per heavy atom. The number of carbonyl (C=O) groups is 1. The van der Waals surface area contributed by atoms with Crippen LogP contribution in [0.4, 0.5) is 5.69 Å². The summed E-state index contributed by atoms with van der Waals surface area (Å²) in [6, 6.07) is 6.67. The number of halogens is 1. The lowest BCUT2D eigenvalue weighted by Crippen LogP contribution is -2.45. The molecule has 1 saturated carbocycles. The molecule has 0 aromatic heterocycles. The Balaban J connectivity index is 0.00000162. The molecule has 5 heteroatoms. The van der Waals surface area contributed by atoms with E-state index in [1.165, 1.54) is 0 Å². The maximum Gasteiger partial charge on any atom is 0.251 e. The third-order valence-corrected chi connectivity index (χ3v) is 3.22. The highest BCUT2D eigenvalue weighted by Crippen LogP contribution is 2.18. The molecule has 1 aliphatic rings. The first-order chi connectivity index (χ1) is 8.16. The maximum atomic E-state index is 11.9. The summed E-state index contributed by atoms with van der Waals surface area (Å²) in [6.45, 7) is 0. The lowest BCUT2D eigenvalue weighted by atomic mass is 9.92. The van der Waals surface area contributed by atoms with E-state index in [1.54, 1.807) is 24.3 Å². The van der Waals surface area contributed by atoms with Crippen LogP contribution in [0.5, 0.6) is 0 Å². The second-order valence-electron chi connectivity index (χ2n) is 4.55.